The SMILES string of the molecule is CNS(=O)(=O)c1ccc(CNc2cc(Br)c(F)cc2F)o1. The van der Waals surface area contributed by atoms with E-state index in [9.17, 15) is 17.2 Å². The van der Waals surface area contributed by atoms with Crippen LogP contribution in [0.15, 0.2) is 38.2 Å². The van der Waals surface area contributed by atoms with Gasteiger partial charge in [-0.1, -0.05) is 0 Å². The Morgan fingerprint density at radius 3 is 2.62 bits per heavy atom. The number of benzene rings is 1. The van der Waals surface area contributed by atoms with Crippen molar-refractivity contribution in [2.45, 2.75) is 11.6 Å². The highest BCUT2D eigenvalue weighted by molar-refractivity contribution is 9.10. The molecule has 0 saturated carbocycles. The molecule has 0 aliphatic rings. The fourth-order valence-electron chi connectivity index (χ4n) is 1.54. The summed E-state index contributed by atoms with van der Waals surface area (Å²) in [6.45, 7) is 0.0498. The van der Waals surface area contributed by atoms with E-state index >= 15 is 0 Å². The van der Waals surface area contributed by atoms with Crippen LogP contribution in [0.5, 0.6) is 0 Å². The lowest BCUT2D eigenvalue weighted by molar-refractivity contribution is 0.417. The van der Waals surface area contributed by atoms with Gasteiger partial charge in [-0.2, -0.15) is 0 Å². The van der Waals surface area contributed by atoms with E-state index in [-0.39, 0.29) is 21.8 Å². The molecule has 2 rings (SSSR count). The normalized spacial score (nSPS) is 11.6. The zero-order valence-electron chi connectivity index (χ0n) is 10.8. The maximum atomic E-state index is 13.5. The largest absolute Gasteiger partial charge is 0.446 e. The van der Waals surface area contributed by atoms with Gasteiger partial charge >= 0.3 is 0 Å². The average molecular weight is 381 g/mol. The van der Waals surface area contributed by atoms with Gasteiger partial charge in [0.2, 0.25) is 5.09 Å². The van der Waals surface area contributed by atoms with Gasteiger partial charge < -0.3 is 9.73 Å². The van der Waals surface area contributed by atoms with Gasteiger partial charge in [-0.15, -0.1) is 0 Å². The number of anilines is 1. The molecule has 0 fully saturated rings. The Hall–Kier alpha value is -1.45. The van der Waals surface area contributed by atoms with E-state index in [1.165, 1.54) is 25.2 Å². The number of nitrogens with one attached hydrogen (secondary N) is 2. The molecule has 0 unspecified atom stereocenters. The Morgan fingerprint density at radius 2 is 1.95 bits per heavy atom. The van der Waals surface area contributed by atoms with Gasteiger partial charge in [0.1, 0.15) is 17.4 Å². The monoisotopic (exact) mass is 380 g/mol. The summed E-state index contributed by atoms with van der Waals surface area (Å²) in [6.07, 6.45) is 0. The van der Waals surface area contributed by atoms with Gasteiger partial charge in [0, 0.05) is 6.07 Å². The molecule has 2 N–H and O–H groups in total. The van der Waals surface area contributed by atoms with Gasteiger partial charge in [-0.3, -0.25) is 0 Å². The molecule has 1 aromatic heterocycles. The van der Waals surface area contributed by atoms with Crippen LogP contribution in [0.25, 0.3) is 0 Å². The van der Waals surface area contributed by atoms with Crippen molar-refractivity contribution >= 4 is 31.6 Å². The maximum absolute atomic E-state index is 13.5. The summed E-state index contributed by atoms with van der Waals surface area (Å²) < 4.78 is 57.0. The first-order valence-electron chi connectivity index (χ1n) is 5.74. The Balaban J connectivity index is 2.13. The number of sulfonamides is 1. The minimum absolute atomic E-state index is 0.0498. The third-order valence-electron chi connectivity index (χ3n) is 2.63. The fourth-order valence-corrected chi connectivity index (χ4v) is 2.55. The first kappa shape index (κ1) is 15.9. The first-order chi connectivity index (χ1) is 9.83. The molecule has 0 saturated heterocycles. The van der Waals surface area contributed by atoms with E-state index < -0.39 is 21.7 Å². The highest BCUT2D eigenvalue weighted by Gasteiger charge is 2.16. The van der Waals surface area contributed by atoms with E-state index in [0.717, 1.165) is 6.07 Å². The second-order valence-electron chi connectivity index (χ2n) is 4.03. The predicted octanol–water partition coefficient (Wildman–Crippen LogP) is 2.84. The lowest BCUT2D eigenvalue weighted by Gasteiger charge is -2.07. The van der Waals surface area contributed by atoms with Crippen LogP contribution in [-0.2, 0) is 16.6 Å². The minimum Gasteiger partial charge on any atom is -0.446 e. The molecule has 1 aromatic carbocycles. The van der Waals surface area contributed by atoms with Crippen LogP contribution in [0.3, 0.4) is 0 Å². The molecule has 0 atom stereocenters. The highest BCUT2D eigenvalue weighted by Crippen LogP contribution is 2.24. The van der Waals surface area contributed by atoms with Gasteiger partial charge in [0.05, 0.1) is 16.7 Å². The quantitative estimate of drug-likeness (QED) is 0.782. The zero-order chi connectivity index (χ0) is 15.6. The van der Waals surface area contributed by atoms with Crippen molar-refractivity contribution in [3.63, 3.8) is 0 Å². The summed E-state index contributed by atoms with van der Waals surface area (Å²) in [5.74, 6) is -1.17. The first-order valence-corrected chi connectivity index (χ1v) is 8.02. The van der Waals surface area contributed by atoms with Crippen LogP contribution in [0.2, 0.25) is 0 Å². The van der Waals surface area contributed by atoms with Crippen molar-refractivity contribution in [3.05, 3.63) is 46.1 Å². The smallest absolute Gasteiger partial charge is 0.273 e. The van der Waals surface area contributed by atoms with Crippen LogP contribution in [0.4, 0.5) is 14.5 Å². The van der Waals surface area contributed by atoms with Gasteiger partial charge in [-0.25, -0.2) is 21.9 Å². The molecule has 0 radical (unpaired) electrons. The van der Waals surface area contributed by atoms with Crippen LogP contribution in [-0.4, -0.2) is 15.5 Å². The molecule has 9 heteroatoms. The summed E-state index contributed by atoms with van der Waals surface area (Å²) in [4.78, 5) is 0. The van der Waals surface area contributed by atoms with E-state index in [2.05, 4.69) is 26.0 Å². The van der Waals surface area contributed by atoms with Crippen molar-refractivity contribution in [3.8, 4) is 0 Å². The maximum Gasteiger partial charge on any atom is 0.273 e. The summed E-state index contributed by atoms with van der Waals surface area (Å²) >= 11 is 2.95. The number of hydrogen-bond acceptors (Lipinski definition) is 4. The number of rotatable bonds is 5. The van der Waals surface area contributed by atoms with Gasteiger partial charge in [0.15, 0.2) is 0 Å². The van der Waals surface area contributed by atoms with Crippen molar-refractivity contribution in [1.82, 2.24) is 4.72 Å². The van der Waals surface area contributed by atoms with E-state index in [1.54, 1.807) is 0 Å². The second-order valence-corrected chi connectivity index (χ2v) is 6.70. The van der Waals surface area contributed by atoms with Crippen molar-refractivity contribution < 1.29 is 21.6 Å². The molecule has 0 amide bonds. The van der Waals surface area contributed by atoms with Crippen LogP contribution in [0, 0.1) is 11.6 Å². The van der Waals surface area contributed by atoms with Crippen LogP contribution in [0.1, 0.15) is 5.76 Å². The van der Waals surface area contributed by atoms with Gasteiger partial charge in [-0.05, 0) is 41.2 Å². The third-order valence-corrected chi connectivity index (χ3v) is 4.53. The van der Waals surface area contributed by atoms with Crippen molar-refractivity contribution in [1.29, 1.82) is 0 Å². The lowest BCUT2D eigenvalue weighted by Crippen LogP contribution is -2.17. The molecular formula is C12H11BrF2N2O3S. The summed E-state index contributed by atoms with van der Waals surface area (Å²) in [5, 5.41) is 2.47. The molecule has 5 nitrogen and oxygen atoms in total. The summed E-state index contributed by atoms with van der Waals surface area (Å²) in [7, 11) is -2.39. The Bertz CT molecular complexity index is 762. The second kappa shape index (κ2) is 6.12. The molecular weight excluding hydrogens is 370 g/mol. The van der Waals surface area contributed by atoms with Crippen LogP contribution < -0.4 is 10.0 Å². The molecule has 114 valence electrons. The Labute approximate surface area is 128 Å². The molecule has 0 bridgehead atoms. The molecule has 21 heavy (non-hydrogen) atoms. The molecule has 0 aliphatic carbocycles. The van der Waals surface area contributed by atoms with E-state index in [1.807, 2.05) is 0 Å². The fraction of sp³-hybridized carbons (Fsp3) is 0.167. The molecule has 0 aliphatic heterocycles. The highest BCUT2D eigenvalue weighted by atomic mass is 79.9. The standard InChI is InChI=1S/C12H11BrF2N2O3S/c1-16-21(18,19)12-3-2-7(20-12)6-17-11-4-8(13)9(14)5-10(11)15/h2-5,16-17H,6H2,1H3. The summed E-state index contributed by atoms with van der Waals surface area (Å²) in [5.41, 5.74) is 0.0673. The van der Waals surface area contributed by atoms with Crippen LogP contribution >= 0.6 is 15.9 Å². The van der Waals surface area contributed by atoms with E-state index in [0.29, 0.717) is 5.76 Å². The molecule has 1 heterocycles. The summed E-state index contributed by atoms with van der Waals surface area (Å²) in [6, 6.07) is 4.73. The Morgan fingerprint density at radius 1 is 1.24 bits per heavy atom. The minimum atomic E-state index is -3.66. The molecule has 0 spiro atoms. The van der Waals surface area contributed by atoms with Crippen molar-refractivity contribution in [2.75, 3.05) is 12.4 Å². The zero-order valence-corrected chi connectivity index (χ0v) is 13.2. The lowest BCUT2D eigenvalue weighted by atomic mass is 10.3. The Kier molecular flexibility index (Phi) is 4.64. The van der Waals surface area contributed by atoms with Crippen molar-refractivity contribution in [2.24, 2.45) is 0 Å². The molecule has 2 aromatic rings. The van der Waals surface area contributed by atoms with E-state index in [4.69, 9.17) is 4.42 Å². The van der Waals surface area contributed by atoms with Gasteiger partial charge in [0.25, 0.3) is 10.0 Å². The number of halogens is 3. The number of hydrogen-bond donors (Lipinski definition) is 2. The third kappa shape index (κ3) is 3.60. The topological polar surface area (TPSA) is 71.3 Å². The average Bonchev–Trinajstić information content (AvgIpc) is 2.91. The number of furan rings is 1. The predicted molar refractivity (Wildman–Crippen MR) is 76.3 cm³/mol.